The lowest BCUT2D eigenvalue weighted by atomic mass is 9.93. The van der Waals surface area contributed by atoms with Gasteiger partial charge in [-0.25, -0.2) is 0 Å². The highest BCUT2D eigenvalue weighted by Gasteiger charge is 2.17. The third kappa shape index (κ3) is 1.95. The molecule has 2 heteroatoms. The normalized spacial score (nSPS) is 16.5. The van der Waals surface area contributed by atoms with E-state index in [0.717, 1.165) is 6.04 Å². The van der Waals surface area contributed by atoms with Gasteiger partial charge in [-0.15, -0.1) is 0 Å². The van der Waals surface area contributed by atoms with Crippen LogP contribution in [-0.4, -0.2) is 6.04 Å². The van der Waals surface area contributed by atoms with E-state index in [1.807, 2.05) is 0 Å². The van der Waals surface area contributed by atoms with Crippen LogP contribution in [-0.2, 0) is 0 Å². The number of benzene rings is 1. The van der Waals surface area contributed by atoms with Crippen LogP contribution in [0.5, 0.6) is 0 Å². The average molecular weight is 254 g/mol. The summed E-state index contributed by atoms with van der Waals surface area (Å²) in [6, 6.07) is 5.15. The maximum absolute atomic E-state index is 3.58. The second kappa shape index (κ2) is 3.93. The Morgan fingerprint density at radius 3 is 2.21 bits per heavy atom. The summed E-state index contributed by atoms with van der Waals surface area (Å²) in [6.07, 6.45) is 4.04. The molecule has 14 heavy (non-hydrogen) atoms. The molecule has 76 valence electrons. The molecule has 1 aromatic carbocycles. The average Bonchev–Trinajstić information content (AvgIpc) is 2.07. The smallest absolute Gasteiger partial charge is 0.0348 e. The fourth-order valence-electron chi connectivity index (χ4n) is 1.82. The van der Waals surface area contributed by atoms with Crippen molar-refractivity contribution in [3.8, 4) is 0 Å². The van der Waals surface area contributed by atoms with E-state index in [2.05, 4.69) is 47.2 Å². The molecular weight excluding hydrogens is 238 g/mol. The van der Waals surface area contributed by atoms with Crippen molar-refractivity contribution >= 4 is 21.6 Å². The Morgan fingerprint density at radius 1 is 1.21 bits per heavy atom. The molecule has 1 aromatic rings. The van der Waals surface area contributed by atoms with Crippen molar-refractivity contribution in [1.29, 1.82) is 0 Å². The first-order valence-electron chi connectivity index (χ1n) is 5.20. The predicted octanol–water partition coefficient (Wildman–Crippen LogP) is 4.03. The van der Waals surface area contributed by atoms with E-state index in [1.165, 1.54) is 40.5 Å². The summed E-state index contributed by atoms with van der Waals surface area (Å²) in [5.74, 6) is 0. The van der Waals surface area contributed by atoms with Crippen LogP contribution in [0.2, 0.25) is 0 Å². The zero-order valence-corrected chi connectivity index (χ0v) is 10.3. The number of hydrogen-bond acceptors (Lipinski definition) is 1. The molecule has 0 aromatic heterocycles. The first-order valence-corrected chi connectivity index (χ1v) is 5.99. The summed E-state index contributed by atoms with van der Waals surface area (Å²) < 4.78 is 1.23. The standard InChI is InChI=1S/C12H16BrN/c1-8-6-11(7-9(2)12(8)13)14-10-4-3-5-10/h6-7,10,14H,3-5H2,1-2H3. The minimum Gasteiger partial charge on any atom is -0.382 e. The summed E-state index contributed by atoms with van der Waals surface area (Å²) in [5, 5.41) is 3.57. The lowest BCUT2D eigenvalue weighted by Gasteiger charge is -2.28. The Morgan fingerprint density at radius 2 is 1.79 bits per heavy atom. The molecule has 1 saturated carbocycles. The van der Waals surface area contributed by atoms with Gasteiger partial charge in [-0.05, 0) is 56.4 Å². The predicted molar refractivity (Wildman–Crippen MR) is 64.9 cm³/mol. The van der Waals surface area contributed by atoms with E-state index < -0.39 is 0 Å². The molecule has 1 N–H and O–H groups in total. The highest BCUT2D eigenvalue weighted by molar-refractivity contribution is 9.10. The maximum atomic E-state index is 3.58. The number of hydrogen-bond donors (Lipinski definition) is 1. The minimum absolute atomic E-state index is 0.718. The van der Waals surface area contributed by atoms with Crippen LogP contribution < -0.4 is 5.32 Å². The highest BCUT2D eigenvalue weighted by atomic mass is 79.9. The fourth-order valence-corrected chi connectivity index (χ4v) is 2.05. The van der Waals surface area contributed by atoms with Gasteiger partial charge in [0.15, 0.2) is 0 Å². The highest BCUT2D eigenvalue weighted by Crippen LogP contribution is 2.28. The molecule has 1 aliphatic rings. The zero-order valence-electron chi connectivity index (χ0n) is 8.73. The van der Waals surface area contributed by atoms with E-state index in [-0.39, 0.29) is 0 Å². The lowest BCUT2D eigenvalue weighted by molar-refractivity contribution is 0.445. The number of halogens is 1. The summed E-state index contributed by atoms with van der Waals surface area (Å²) in [6.45, 7) is 4.28. The van der Waals surface area contributed by atoms with Gasteiger partial charge < -0.3 is 5.32 Å². The third-order valence-electron chi connectivity index (χ3n) is 2.91. The number of aryl methyl sites for hydroxylation is 2. The van der Waals surface area contributed by atoms with Gasteiger partial charge in [0.1, 0.15) is 0 Å². The van der Waals surface area contributed by atoms with Gasteiger partial charge >= 0.3 is 0 Å². The Labute approximate surface area is 94.0 Å². The van der Waals surface area contributed by atoms with Crippen LogP contribution in [0.15, 0.2) is 16.6 Å². The molecule has 1 nitrogen and oxygen atoms in total. The van der Waals surface area contributed by atoms with Gasteiger partial charge in [-0.3, -0.25) is 0 Å². The second-order valence-corrected chi connectivity index (χ2v) is 4.99. The van der Waals surface area contributed by atoms with E-state index in [1.54, 1.807) is 0 Å². The minimum atomic E-state index is 0.718. The first-order chi connectivity index (χ1) is 6.66. The van der Waals surface area contributed by atoms with Crippen LogP contribution in [0, 0.1) is 13.8 Å². The molecule has 1 aliphatic carbocycles. The Bertz CT molecular complexity index is 319. The van der Waals surface area contributed by atoms with Gasteiger partial charge in [0.05, 0.1) is 0 Å². The summed E-state index contributed by atoms with van der Waals surface area (Å²) in [7, 11) is 0. The van der Waals surface area contributed by atoms with Crippen LogP contribution in [0.1, 0.15) is 30.4 Å². The van der Waals surface area contributed by atoms with E-state index in [4.69, 9.17) is 0 Å². The molecule has 0 saturated heterocycles. The summed E-state index contributed by atoms with van der Waals surface area (Å²) in [5.41, 5.74) is 3.89. The molecule has 1 fully saturated rings. The molecule has 2 rings (SSSR count). The first kappa shape index (κ1) is 10.0. The van der Waals surface area contributed by atoms with Crippen molar-refractivity contribution in [2.45, 2.75) is 39.2 Å². The monoisotopic (exact) mass is 253 g/mol. The Hall–Kier alpha value is -0.500. The van der Waals surface area contributed by atoms with E-state index in [0.29, 0.717) is 0 Å². The molecule has 0 bridgehead atoms. The van der Waals surface area contributed by atoms with Crippen molar-refractivity contribution in [1.82, 2.24) is 0 Å². The second-order valence-electron chi connectivity index (χ2n) is 4.20. The topological polar surface area (TPSA) is 12.0 Å². The van der Waals surface area contributed by atoms with Gasteiger partial charge in [0.25, 0.3) is 0 Å². The van der Waals surface area contributed by atoms with Crippen molar-refractivity contribution < 1.29 is 0 Å². The zero-order chi connectivity index (χ0) is 10.1. The SMILES string of the molecule is Cc1cc(NC2CCC2)cc(C)c1Br. The molecule has 0 amide bonds. The lowest BCUT2D eigenvalue weighted by Crippen LogP contribution is -2.26. The molecule has 0 unspecified atom stereocenters. The largest absolute Gasteiger partial charge is 0.382 e. The van der Waals surface area contributed by atoms with Gasteiger partial charge in [-0.1, -0.05) is 15.9 Å². The van der Waals surface area contributed by atoms with Crippen molar-refractivity contribution in [2.75, 3.05) is 5.32 Å². The van der Waals surface area contributed by atoms with E-state index >= 15 is 0 Å². The number of anilines is 1. The van der Waals surface area contributed by atoms with Crippen LogP contribution in [0.25, 0.3) is 0 Å². The molecule has 0 aliphatic heterocycles. The number of rotatable bonds is 2. The van der Waals surface area contributed by atoms with Gasteiger partial charge in [-0.2, -0.15) is 0 Å². The molecular formula is C12H16BrN. The van der Waals surface area contributed by atoms with E-state index in [9.17, 15) is 0 Å². The quantitative estimate of drug-likeness (QED) is 0.840. The maximum Gasteiger partial charge on any atom is 0.0348 e. The van der Waals surface area contributed by atoms with Crippen molar-refractivity contribution in [3.05, 3.63) is 27.7 Å². The summed E-state index contributed by atoms with van der Waals surface area (Å²) in [4.78, 5) is 0. The molecule has 0 radical (unpaired) electrons. The van der Waals surface area contributed by atoms with Crippen molar-refractivity contribution in [2.24, 2.45) is 0 Å². The Kier molecular flexibility index (Phi) is 2.82. The van der Waals surface area contributed by atoms with Gasteiger partial charge in [0.2, 0.25) is 0 Å². The Balaban J connectivity index is 2.17. The number of nitrogens with one attached hydrogen (secondary N) is 1. The van der Waals surface area contributed by atoms with Crippen LogP contribution in [0.4, 0.5) is 5.69 Å². The molecule has 0 spiro atoms. The van der Waals surface area contributed by atoms with Crippen LogP contribution in [0.3, 0.4) is 0 Å². The third-order valence-corrected chi connectivity index (χ3v) is 4.16. The molecule has 0 atom stereocenters. The molecule has 0 heterocycles. The fraction of sp³-hybridized carbons (Fsp3) is 0.500. The summed E-state index contributed by atoms with van der Waals surface area (Å²) >= 11 is 3.58. The van der Waals surface area contributed by atoms with Crippen molar-refractivity contribution in [3.63, 3.8) is 0 Å². The van der Waals surface area contributed by atoms with Crippen LogP contribution >= 0.6 is 15.9 Å². The van der Waals surface area contributed by atoms with Gasteiger partial charge in [0, 0.05) is 16.2 Å².